The summed E-state index contributed by atoms with van der Waals surface area (Å²) >= 11 is 0. The largest absolute Gasteiger partial charge is 0.331 e. The van der Waals surface area contributed by atoms with Gasteiger partial charge in [0.1, 0.15) is 5.69 Å². The zero-order valence-corrected chi connectivity index (χ0v) is 18.8. The second-order valence-corrected chi connectivity index (χ2v) is 8.31. The molecule has 4 heterocycles. The van der Waals surface area contributed by atoms with Crippen molar-refractivity contribution in [3.63, 3.8) is 0 Å². The number of nitrogens with zero attached hydrogens (tertiary/aromatic N) is 8. The van der Waals surface area contributed by atoms with Crippen LogP contribution in [-0.4, -0.2) is 38.0 Å². The van der Waals surface area contributed by atoms with Gasteiger partial charge in [-0.2, -0.15) is 5.10 Å². The van der Waals surface area contributed by atoms with Gasteiger partial charge in [-0.3, -0.25) is 18.4 Å². The Hall–Kier alpha value is -4.40. The maximum Gasteiger partial charge on any atom is 0.328 e. The molecule has 0 saturated carbocycles. The van der Waals surface area contributed by atoms with Crippen molar-refractivity contribution in [1.29, 1.82) is 0 Å². The first-order valence-corrected chi connectivity index (χ1v) is 10.6. The van der Waals surface area contributed by atoms with E-state index in [1.165, 1.54) is 0 Å². The molecule has 6 aromatic rings. The van der Waals surface area contributed by atoms with Gasteiger partial charge in [-0.1, -0.05) is 6.07 Å². The maximum absolute atomic E-state index is 12.5. The van der Waals surface area contributed by atoms with Gasteiger partial charge in [0.05, 0.1) is 40.3 Å². The highest BCUT2D eigenvalue weighted by Crippen LogP contribution is 2.32. The van der Waals surface area contributed by atoms with E-state index in [-0.39, 0.29) is 5.69 Å². The molecule has 0 aliphatic rings. The molecule has 6 rings (SSSR count). The monoisotopic (exact) mass is 438 g/mol. The predicted molar refractivity (Wildman–Crippen MR) is 127 cm³/mol. The summed E-state index contributed by atoms with van der Waals surface area (Å²) < 4.78 is 9.19. The normalized spacial score (nSPS) is 11.8. The van der Waals surface area contributed by atoms with Gasteiger partial charge in [0.2, 0.25) is 0 Å². The van der Waals surface area contributed by atoms with Gasteiger partial charge in [0, 0.05) is 45.6 Å². The van der Waals surface area contributed by atoms with E-state index in [0.29, 0.717) is 0 Å². The zero-order chi connectivity index (χ0) is 22.9. The van der Waals surface area contributed by atoms with Crippen LogP contribution in [0.3, 0.4) is 0 Å². The van der Waals surface area contributed by atoms with Crippen molar-refractivity contribution in [2.75, 3.05) is 0 Å². The fraction of sp³-hybridized carbons (Fsp3) is 0.167. The van der Waals surface area contributed by atoms with E-state index in [2.05, 4.69) is 32.8 Å². The van der Waals surface area contributed by atoms with Crippen LogP contribution in [0.25, 0.3) is 50.5 Å². The molecule has 0 amide bonds. The first kappa shape index (κ1) is 19.3. The van der Waals surface area contributed by atoms with Gasteiger partial charge in [-0.05, 0) is 36.4 Å². The maximum atomic E-state index is 12.5. The number of imidazole rings is 3. The van der Waals surface area contributed by atoms with Gasteiger partial charge in [0.25, 0.3) is 0 Å². The molecule has 2 aromatic carbocycles. The zero-order valence-electron chi connectivity index (χ0n) is 18.8. The lowest BCUT2D eigenvalue weighted by Gasteiger charge is -2.11. The average Bonchev–Trinajstić information content (AvgIpc) is 3.57. The second kappa shape index (κ2) is 6.80. The standard InChI is InChI=1S/C24H22N8O/c1-28-14-25-13-22(28)23-26-18-11-15(17-9-10-29(2)27-17)5-7-19(18)32(23)16-6-8-20-21(12-16)31(4)24(33)30(20)3/h5-14H,1-4H3. The van der Waals surface area contributed by atoms with Gasteiger partial charge < -0.3 is 4.57 Å². The Balaban J connectivity index is 1.64. The molecule has 33 heavy (non-hydrogen) atoms. The quantitative estimate of drug-likeness (QED) is 0.425. The summed E-state index contributed by atoms with van der Waals surface area (Å²) in [5, 5.41) is 4.53. The molecular formula is C24H22N8O. The molecule has 0 bridgehead atoms. The Kier molecular flexibility index (Phi) is 3.97. The third kappa shape index (κ3) is 2.78. The number of rotatable bonds is 3. The molecule has 0 aliphatic carbocycles. The van der Waals surface area contributed by atoms with Crippen molar-refractivity contribution in [2.45, 2.75) is 0 Å². The number of benzene rings is 2. The Morgan fingerprint density at radius 1 is 0.848 bits per heavy atom. The SMILES string of the molecule is Cn1ccc(-c2ccc3c(c2)nc(-c2cncn2C)n3-c2ccc3c(c2)n(C)c(=O)n3C)n1. The van der Waals surface area contributed by atoms with E-state index in [4.69, 9.17) is 4.98 Å². The van der Waals surface area contributed by atoms with Crippen LogP contribution in [0.15, 0.2) is 66.0 Å². The van der Waals surface area contributed by atoms with E-state index in [1.807, 2.05) is 55.3 Å². The molecule has 0 fully saturated rings. The van der Waals surface area contributed by atoms with Crippen LogP contribution in [0, 0.1) is 0 Å². The Labute approximate surface area is 188 Å². The summed E-state index contributed by atoms with van der Waals surface area (Å²) in [7, 11) is 7.44. The van der Waals surface area contributed by atoms with Crippen molar-refractivity contribution < 1.29 is 0 Å². The first-order valence-electron chi connectivity index (χ1n) is 10.6. The summed E-state index contributed by atoms with van der Waals surface area (Å²) in [6, 6.07) is 14.2. The summed E-state index contributed by atoms with van der Waals surface area (Å²) in [6.07, 6.45) is 5.51. The molecule has 0 saturated heterocycles. The fourth-order valence-electron chi connectivity index (χ4n) is 4.45. The van der Waals surface area contributed by atoms with Crippen LogP contribution in [-0.2, 0) is 28.2 Å². The highest BCUT2D eigenvalue weighted by molar-refractivity contribution is 5.88. The van der Waals surface area contributed by atoms with Gasteiger partial charge in [-0.15, -0.1) is 0 Å². The Bertz CT molecular complexity index is 1740. The van der Waals surface area contributed by atoms with Crippen LogP contribution < -0.4 is 5.69 Å². The van der Waals surface area contributed by atoms with Gasteiger partial charge in [0.15, 0.2) is 5.82 Å². The fourth-order valence-corrected chi connectivity index (χ4v) is 4.45. The van der Waals surface area contributed by atoms with E-state index in [9.17, 15) is 4.79 Å². The molecule has 0 atom stereocenters. The number of hydrogen-bond donors (Lipinski definition) is 0. The Morgan fingerprint density at radius 3 is 2.36 bits per heavy atom. The van der Waals surface area contributed by atoms with Crippen molar-refractivity contribution >= 4 is 22.1 Å². The van der Waals surface area contributed by atoms with E-state index in [0.717, 1.165) is 50.5 Å². The first-order chi connectivity index (χ1) is 15.9. The van der Waals surface area contributed by atoms with Crippen LogP contribution >= 0.6 is 0 Å². The molecule has 4 aromatic heterocycles. The lowest BCUT2D eigenvalue weighted by atomic mass is 10.1. The minimum Gasteiger partial charge on any atom is -0.331 e. The third-order valence-electron chi connectivity index (χ3n) is 6.22. The van der Waals surface area contributed by atoms with E-state index < -0.39 is 0 Å². The highest BCUT2D eigenvalue weighted by atomic mass is 16.1. The van der Waals surface area contributed by atoms with Crippen molar-refractivity contribution in [1.82, 2.24) is 38.0 Å². The number of hydrogen-bond acceptors (Lipinski definition) is 4. The topological polar surface area (TPSA) is 80.4 Å². The van der Waals surface area contributed by atoms with Crippen LogP contribution in [0.5, 0.6) is 0 Å². The summed E-state index contributed by atoms with van der Waals surface area (Å²) in [5.74, 6) is 0.781. The Morgan fingerprint density at radius 2 is 1.64 bits per heavy atom. The molecule has 9 heteroatoms. The summed E-state index contributed by atoms with van der Waals surface area (Å²) in [4.78, 5) is 21.8. The van der Waals surface area contributed by atoms with Crippen molar-refractivity contribution in [3.8, 4) is 28.5 Å². The molecule has 0 aliphatic heterocycles. The third-order valence-corrected chi connectivity index (χ3v) is 6.22. The molecule has 164 valence electrons. The van der Waals surface area contributed by atoms with E-state index >= 15 is 0 Å². The van der Waals surface area contributed by atoms with Crippen molar-refractivity contribution in [2.24, 2.45) is 28.2 Å². The van der Waals surface area contributed by atoms with E-state index in [1.54, 1.807) is 34.2 Å². The lowest BCUT2D eigenvalue weighted by Crippen LogP contribution is -2.19. The minimum atomic E-state index is -0.0514. The molecule has 0 radical (unpaired) electrons. The average molecular weight is 438 g/mol. The second-order valence-electron chi connectivity index (χ2n) is 8.31. The number of fused-ring (bicyclic) bond motifs is 2. The predicted octanol–water partition coefficient (Wildman–Crippen LogP) is 3.02. The molecule has 9 nitrogen and oxygen atoms in total. The lowest BCUT2D eigenvalue weighted by molar-refractivity contribution is 0.771. The van der Waals surface area contributed by atoms with Gasteiger partial charge >= 0.3 is 5.69 Å². The summed E-state index contributed by atoms with van der Waals surface area (Å²) in [6.45, 7) is 0. The van der Waals surface area contributed by atoms with Crippen LogP contribution in [0.1, 0.15) is 0 Å². The smallest absolute Gasteiger partial charge is 0.328 e. The van der Waals surface area contributed by atoms with Gasteiger partial charge in [-0.25, -0.2) is 14.8 Å². The number of aromatic nitrogens is 8. The van der Waals surface area contributed by atoms with Crippen LogP contribution in [0.2, 0.25) is 0 Å². The van der Waals surface area contributed by atoms with Crippen LogP contribution in [0.4, 0.5) is 0 Å². The molecule has 0 unspecified atom stereocenters. The minimum absolute atomic E-state index is 0.0514. The van der Waals surface area contributed by atoms with Crippen molar-refractivity contribution in [3.05, 3.63) is 71.7 Å². The molecule has 0 spiro atoms. The number of aryl methyl sites for hydroxylation is 4. The summed E-state index contributed by atoms with van der Waals surface area (Å²) in [5.41, 5.74) is 7.24. The molecular weight excluding hydrogens is 416 g/mol. The highest BCUT2D eigenvalue weighted by Gasteiger charge is 2.19. The molecule has 0 N–H and O–H groups in total.